The van der Waals surface area contributed by atoms with Gasteiger partial charge in [-0.3, -0.25) is 4.79 Å². The molecule has 0 bridgehead atoms. The predicted octanol–water partition coefficient (Wildman–Crippen LogP) is 1.23. The molecule has 2 fully saturated rings. The Balaban J connectivity index is 1.71. The van der Waals surface area contributed by atoms with Crippen LogP contribution in [0.25, 0.3) is 0 Å². The first-order valence-corrected chi connectivity index (χ1v) is 7.28. The molecule has 104 valence electrons. The third-order valence-electron chi connectivity index (χ3n) is 4.01. The fourth-order valence-corrected chi connectivity index (χ4v) is 2.71. The summed E-state index contributed by atoms with van der Waals surface area (Å²) in [7, 11) is 2.02. The summed E-state index contributed by atoms with van der Waals surface area (Å²) in [5.41, 5.74) is -0.0321. The van der Waals surface area contributed by atoms with Crippen molar-refractivity contribution >= 4 is 5.82 Å². The molecule has 1 saturated heterocycles. The quantitative estimate of drug-likeness (QED) is 0.856. The second kappa shape index (κ2) is 5.33. The van der Waals surface area contributed by atoms with E-state index in [0.717, 1.165) is 37.6 Å². The number of hydrogen-bond donors (Lipinski definition) is 2. The van der Waals surface area contributed by atoms with Gasteiger partial charge in [-0.15, -0.1) is 0 Å². The van der Waals surface area contributed by atoms with Crippen LogP contribution in [0.3, 0.4) is 0 Å². The molecule has 1 aromatic rings. The van der Waals surface area contributed by atoms with Crippen LogP contribution in [0.1, 0.15) is 43.8 Å². The number of rotatable bonds is 4. The Morgan fingerprint density at radius 3 is 2.89 bits per heavy atom. The van der Waals surface area contributed by atoms with Crippen LogP contribution in [0.4, 0.5) is 5.82 Å². The minimum absolute atomic E-state index is 0.0321. The Morgan fingerprint density at radius 2 is 2.21 bits per heavy atom. The van der Waals surface area contributed by atoms with Gasteiger partial charge < -0.3 is 15.2 Å². The summed E-state index contributed by atoms with van der Waals surface area (Å²) in [6.45, 7) is 2.02. The van der Waals surface area contributed by atoms with E-state index in [2.05, 4.69) is 20.2 Å². The number of aromatic amines is 1. The van der Waals surface area contributed by atoms with E-state index in [9.17, 15) is 4.79 Å². The minimum Gasteiger partial charge on any atom is -0.358 e. The maximum absolute atomic E-state index is 11.7. The van der Waals surface area contributed by atoms with Crippen molar-refractivity contribution < 1.29 is 0 Å². The highest BCUT2D eigenvalue weighted by atomic mass is 16.1. The summed E-state index contributed by atoms with van der Waals surface area (Å²) < 4.78 is 0. The fourth-order valence-electron chi connectivity index (χ4n) is 2.71. The Labute approximate surface area is 113 Å². The van der Waals surface area contributed by atoms with Gasteiger partial charge in [-0.25, -0.2) is 4.98 Å². The molecule has 5 nitrogen and oxygen atoms in total. The second-order valence-corrected chi connectivity index (χ2v) is 5.79. The first kappa shape index (κ1) is 12.7. The maximum atomic E-state index is 11.7. The molecule has 0 radical (unpaired) electrons. The zero-order valence-electron chi connectivity index (χ0n) is 11.5. The van der Waals surface area contributed by atoms with Gasteiger partial charge in [0.1, 0.15) is 11.6 Å². The van der Waals surface area contributed by atoms with E-state index in [-0.39, 0.29) is 5.56 Å². The Bertz CT molecular complexity index is 488. The summed E-state index contributed by atoms with van der Waals surface area (Å²) in [5.74, 6) is 2.15. The average Bonchev–Trinajstić information content (AvgIpc) is 3.23. The second-order valence-electron chi connectivity index (χ2n) is 5.79. The predicted molar refractivity (Wildman–Crippen MR) is 75.7 cm³/mol. The van der Waals surface area contributed by atoms with Crippen LogP contribution in [0, 0.1) is 0 Å². The number of nitrogens with zero attached hydrogens (tertiary/aromatic N) is 2. The van der Waals surface area contributed by atoms with Crippen LogP contribution in [0.2, 0.25) is 0 Å². The molecule has 0 spiro atoms. The van der Waals surface area contributed by atoms with E-state index in [4.69, 9.17) is 0 Å². The third-order valence-corrected chi connectivity index (χ3v) is 4.01. The molecule has 19 heavy (non-hydrogen) atoms. The highest BCUT2D eigenvalue weighted by Crippen LogP contribution is 2.37. The van der Waals surface area contributed by atoms with Crippen molar-refractivity contribution in [1.29, 1.82) is 0 Å². The number of anilines is 1. The molecule has 0 amide bonds. The molecule has 1 aromatic heterocycles. The fraction of sp³-hybridized carbons (Fsp3) is 0.714. The first-order valence-electron chi connectivity index (χ1n) is 7.28. The van der Waals surface area contributed by atoms with Crippen LogP contribution in [0.15, 0.2) is 10.9 Å². The monoisotopic (exact) mass is 262 g/mol. The van der Waals surface area contributed by atoms with Crippen LogP contribution < -0.4 is 15.8 Å². The van der Waals surface area contributed by atoms with Gasteiger partial charge in [0.05, 0.1) is 0 Å². The molecule has 1 atom stereocenters. The van der Waals surface area contributed by atoms with Gasteiger partial charge >= 0.3 is 0 Å². The number of likely N-dealkylation sites (N-methyl/N-ethyl adjacent to an activating group) is 1. The van der Waals surface area contributed by atoms with Gasteiger partial charge in [-0.2, -0.15) is 0 Å². The molecular weight excluding hydrogens is 240 g/mol. The Hall–Kier alpha value is -1.36. The number of aromatic nitrogens is 2. The summed E-state index contributed by atoms with van der Waals surface area (Å²) in [4.78, 5) is 21.3. The molecule has 1 unspecified atom stereocenters. The summed E-state index contributed by atoms with van der Waals surface area (Å²) in [6, 6.07) is 2.12. The van der Waals surface area contributed by atoms with Crippen molar-refractivity contribution in [2.24, 2.45) is 0 Å². The lowest BCUT2D eigenvalue weighted by atomic mass is 10.0. The molecule has 2 aliphatic rings. The Kier molecular flexibility index (Phi) is 3.55. The van der Waals surface area contributed by atoms with E-state index in [0.29, 0.717) is 12.0 Å². The minimum atomic E-state index is -0.0321. The molecule has 1 aliphatic heterocycles. The van der Waals surface area contributed by atoms with Gasteiger partial charge in [0.2, 0.25) is 0 Å². The van der Waals surface area contributed by atoms with Gasteiger partial charge in [-0.05, 0) is 32.2 Å². The average molecular weight is 262 g/mol. The summed E-state index contributed by atoms with van der Waals surface area (Å²) in [6.07, 6.45) is 6.08. The van der Waals surface area contributed by atoms with Crippen LogP contribution in [-0.2, 0) is 0 Å². The van der Waals surface area contributed by atoms with Crippen molar-refractivity contribution in [1.82, 2.24) is 15.3 Å². The SMILES string of the molecule is CN(CC1CCCCN1)c1cc(=O)[nH]c(C2CC2)n1. The van der Waals surface area contributed by atoms with Crippen molar-refractivity contribution in [2.75, 3.05) is 25.0 Å². The van der Waals surface area contributed by atoms with Gasteiger partial charge in [0, 0.05) is 31.6 Å². The topological polar surface area (TPSA) is 61.0 Å². The lowest BCUT2D eigenvalue weighted by molar-refractivity contribution is 0.403. The third kappa shape index (κ3) is 3.15. The van der Waals surface area contributed by atoms with Crippen molar-refractivity contribution in [2.45, 2.75) is 44.1 Å². The summed E-state index contributed by atoms with van der Waals surface area (Å²) >= 11 is 0. The lowest BCUT2D eigenvalue weighted by Crippen LogP contribution is -2.43. The van der Waals surface area contributed by atoms with E-state index >= 15 is 0 Å². The molecular formula is C14H22N4O. The van der Waals surface area contributed by atoms with Gasteiger partial charge in [0.25, 0.3) is 5.56 Å². The van der Waals surface area contributed by atoms with E-state index in [1.54, 1.807) is 6.07 Å². The number of nitrogens with one attached hydrogen (secondary N) is 2. The van der Waals surface area contributed by atoms with Crippen LogP contribution >= 0.6 is 0 Å². The van der Waals surface area contributed by atoms with Crippen molar-refractivity contribution in [3.05, 3.63) is 22.2 Å². The standard InChI is InChI=1S/C14H22N4O/c1-18(9-11-4-2-3-7-15-11)12-8-13(19)17-14(16-12)10-5-6-10/h8,10-11,15H,2-7,9H2,1H3,(H,16,17,19). The van der Waals surface area contributed by atoms with Crippen LogP contribution in [-0.4, -0.2) is 36.1 Å². The van der Waals surface area contributed by atoms with Crippen LogP contribution in [0.5, 0.6) is 0 Å². The summed E-state index contributed by atoms with van der Waals surface area (Å²) in [5, 5.41) is 3.53. The van der Waals surface area contributed by atoms with Gasteiger partial charge in [0.15, 0.2) is 0 Å². The number of hydrogen-bond acceptors (Lipinski definition) is 4. The molecule has 1 aliphatic carbocycles. The molecule has 2 heterocycles. The van der Waals surface area contributed by atoms with Crippen molar-refractivity contribution in [3.8, 4) is 0 Å². The van der Waals surface area contributed by atoms with Crippen molar-refractivity contribution in [3.63, 3.8) is 0 Å². The molecule has 0 aromatic carbocycles. The number of piperidine rings is 1. The molecule has 2 N–H and O–H groups in total. The van der Waals surface area contributed by atoms with E-state index in [1.807, 2.05) is 7.05 Å². The van der Waals surface area contributed by atoms with Gasteiger partial charge in [-0.1, -0.05) is 6.42 Å². The normalized spacial score (nSPS) is 23.3. The smallest absolute Gasteiger partial charge is 0.252 e. The molecule has 5 heteroatoms. The molecule has 3 rings (SSSR count). The largest absolute Gasteiger partial charge is 0.358 e. The highest BCUT2D eigenvalue weighted by Gasteiger charge is 2.27. The zero-order chi connectivity index (χ0) is 13.2. The zero-order valence-corrected chi connectivity index (χ0v) is 11.5. The number of H-pyrrole nitrogens is 1. The van der Waals surface area contributed by atoms with E-state index < -0.39 is 0 Å². The van der Waals surface area contributed by atoms with E-state index in [1.165, 1.54) is 19.3 Å². The maximum Gasteiger partial charge on any atom is 0.252 e. The Morgan fingerprint density at radius 1 is 1.37 bits per heavy atom. The lowest BCUT2D eigenvalue weighted by Gasteiger charge is -2.28. The molecule has 1 saturated carbocycles. The first-order chi connectivity index (χ1) is 9.22. The highest BCUT2D eigenvalue weighted by molar-refractivity contribution is 5.37.